The van der Waals surface area contributed by atoms with Crippen LogP contribution in [0.15, 0.2) is 55.3 Å². The number of nitrogens with zero attached hydrogens (tertiary/aromatic N) is 5. The fourth-order valence-corrected chi connectivity index (χ4v) is 4.75. The van der Waals surface area contributed by atoms with Gasteiger partial charge >= 0.3 is 0 Å². The highest BCUT2D eigenvalue weighted by Crippen LogP contribution is 2.38. The van der Waals surface area contributed by atoms with Crippen molar-refractivity contribution < 1.29 is 19.1 Å². The number of carbonyl (C=O) groups excluding carboxylic acids is 2. The lowest BCUT2D eigenvalue weighted by molar-refractivity contribution is -0.111. The third-order valence-corrected chi connectivity index (χ3v) is 7.09. The molecule has 1 aliphatic heterocycles. The first-order chi connectivity index (χ1) is 20.2. The van der Waals surface area contributed by atoms with Crippen molar-refractivity contribution in [2.45, 2.75) is 12.8 Å². The Morgan fingerprint density at radius 3 is 2.40 bits per heavy atom. The zero-order valence-corrected chi connectivity index (χ0v) is 24.9. The lowest BCUT2D eigenvalue weighted by Gasteiger charge is -2.26. The van der Waals surface area contributed by atoms with Crippen molar-refractivity contribution >= 4 is 40.4 Å². The molecule has 0 saturated carbocycles. The molecule has 0 bridgehead atoms. The Morgan fingerprint density at radius 1 is 1.00 bits per heavy atom. The van der Waals surface area contributed by atoms with Crippen molar-refractivity contribution in [2.75, 3.05) is 82.0 Å². The summed E-state index contributed by atoms with van der Waals surface area (Å²) < 4.78 is 11.3. The molecule has 0 unspecified atom stereocenters. The maximum atomic E-state index is 13.5. The second-order valence-corrected chi connectivity index (χ2v) is 10.3. The summed E-state index contributed by atoms with van der Waals surface area (Å²) in [6, 6.07) is 10.8. The SMILES string of the molecule is C=CC(=O)Nc1cc(Nc2nccc(C(=O)c3ccc(N4CCCC4)cc3OC)n2)c(OC)cc1N(C)CCN(C)C. The summed E-state index contributed by atoms with van der Waals surface area (Å²) in [5.74, 6) is 0.575. The van der Waals surface area contributed by atoms with E-state index in [1.54, 1.807) is 32.4 Å². The minimum atomic E-state index is -0.345. The Balaban J connectivity index is 1.63. The van der Waals surface area contributed by atoms with E-state index in [1.807, 2.05) is 44.2 Å². The zero-order chi connectivity index (χ0) is 30.2. The molecule has 0 aliphatic carbocycles. The van der Waals surface area contributed by atoms with Gasteiger partial charge in [-0.25, -0.2) is 9.97 Å². The average molecular weight is 574 g/mol. The smallest absolute Gasteiger partial charge is 0.247 e. The van der Waals surface area contributed by atoms with Crippen LogP contribution in [0.25, 0.3) is 0 Å². The van der Waals surface area contributed by atoms with E-state index in [4.69, 9.17) is 9.47 Å². The van der Waals surface area contributed by atoms with Crippen LogP contribution in [-0.4, -0.2) is 88.1 Å². The number of benzene rings is 2. The van der Waals surface area contributed by atoms with E-state index in [0.29, 0.717) is 28.4 Å². The summed E-state index contributed by atoms with van der Waals surface area (Å²) in [4.78, 5) is 41.0. The van der Waals surface area contributed by atoms with Gasteiger partial charge in [0, 0.05) is 57.2 Å². The fourth-order valence-electron chi connectivity index (χ4n) is 4.75. The van der Waals surface area contributed by atoms with Gasteiger partial charge in [-0.15, -0.1) is 0 Å². The largest absolute Gasteiger partial charge is 0.496 e. The monoisotopic (exact) mass is 573 g/mol. The van der Waals surface area contributed by atoms with Crippen LogP contribution >= 0.6 is 0 Å². The topological polar surface area (TPSA) is 112 Å². The van der Waals surface area contributed by atoms with Gasteiger partial charge in [0.2, 0.25) is 17.6 Å². The Hall–Kier alpha value is -4.64. The van der Waals surface area contributed by atoms with Gasteiger partial charge in [-0.05, 0) is 57.3 Å². The van der Waals surface area contributed by atoms with Gasteiger partial charge < -0.3 is 34.8 Å². The Labute approximate surface area is 247 Å². The minimum absolute atomic E-state index is 0.196. The first-order valence-electron chi connectivity index (χ1n) is 13.8. The van der Waals surface area contributed by atoms with Gasteiger partial charge in [-0.2, -0.15) is 0 Å². The molecule has 0 atom stereocenters. The number of aromatic nitrogens is 2. The van der Waals surface area contributed by atoms with E-state index in [2.05, 4.69) is 37.0 Å². The highest BCUT2D eigenvalue weighted by Gasteiger charge is 2.21. The summed E-state index contributed by atoms with van der Waals surface area (Å²) in [5.41, 5.74) is 3.50. The molecule has 2 aromatic carbocycles. The number of likely N-dealkylation sites (N-methyl/N-ethyl adjacent to an activating group) is 2. The van der Waals surface area contributed by atoms with Crippen molar-refractivity contribution in [3.63, 3.8) is 0 Å². The van der Waals surface area contributed by atoms with Crippen molar-refractivity contribution in [3.05, 3.63) is 66.5 Å². The Morgan fingerprint density at radius 2 is 1.74 bits per heavy atom. The molecule has 11 nitrogen and oxygen atoms in total. The molecule has 11 heteroatoms. The number of ketones is 1. The first kappa shape index (κ1) is 30.3. The number of methoxy groups -OCH3 is 2. The van der Waals surface area contributed by atoms with E-state index in [1.165, 1.54) is 12.3 Å². The number of ether oxygens (including phenoxy) is 2. The molecule has 1 fully saturated rings. The molecule has 2 heterocycles. The molecule has 42 heavy (non-hydrogen) atoms. The number of nitrogens with one attached hydrogen (secondary N) is 2. The van der Waals surface area contributed by atoms with Gasteiger partial charge in [0.1, 0.15) is 17.2 Å². The third-order valence-electron chi connectivity index (χ3n) is 7.09. The maximum absolute atomic E-state index is 13.5. The quantitative estimate of drug-likeness (QED) is 0.228. The molecule has 1 saturated heterocycles. The van der Waals surface area contributed by atoms with Crippen LogP contribution in [0, 0.1) is 0 Å². The van der Waals surface area contributed by atoms with E-state index in [9.17, 15) is 9.59 Å². The molecule has 4 rings (SSSR count). The number of hydrogen-bond acceptors (Lipinski definition) is 10. The summed E-state index contributed by atoms with van der Waals surface area (Å²) in [5, 5.41) is 6.03. The molecule has 0 radical (unpaired) electrons. The third kappa shape index (κ3) is 7.16. The molecular weight excluding hydrogens is 534 g/mol. The Kier molecular flexibility index (Phi) is 9.98. The normalized spacial score (nSPS) is 12.7. The lowest BCUT2D eigenvalue weighted by Crippen LogP contribution is -2.29. The fraction of sp³-hybridized carbons (Fsp3) is 0.355. The summed E-state index contributed by atoms with van der Waals surface area (Å²) in [6.45, 7) is 7.08. The van der Waals surface area contributed by atoms with Crippen molar-refractivity contribution in [3.8, 4) is 11.5 Å². The van der Waals surface area contributed by atoms with Gasteiger partial charge in [0.15, 0.2) is 0 Å². The molecule has 222 valence electrons. The van der Waals surface area contributed by atoms with E-state index in [0.717, 1.165) is 50.4 Å². The summed E-state index contributed by atoms with van der Waals surface area (Å²) in [7, 11) is 9.06. The molecule has 3 aromatic rings. The molecule has 1 aliphatic rings. The molecule has 2 N–H and O–H groups in total. The summed E-state index contributed by atoms with van der Waals surface area (Å²) >= 11 is 0. The highest BCUT2D eigenvalue weighted by molar-refractivity contribution is 6.10. The van der Waals surface area contributed by atoms with Crippen molar-refractivity contribution in [1.29, 1.82) is 0 Å². The maximum Gasteiger partial charge on any atom is 0.247 e. The van der Waals surface area contributed by atoms with Crippen molar-refractivity contribution in [2.24, 2.45) is 0 Å². The van der Waals surface area contributed by atoms with Gasteiger partial charge in [0.05, 0.1) is 36.8 Å². The van der Waals surface area contributed by atoms with Gasteiger partial charge in [-0.3, -0.25) is 9.59 Å². The number of hydrogen-bond donors (Lipinski definition) is 2. The predicted molar refractivity (Wildman–Crippen MR) is 167 cm³/mol. The predicted octanol–water partition coefficient (Wildman–Crippen LogP) is 4.19. The standard InChI is InChI=1S/C31H39N7O4/c1-7-29(39)33-24-19-25(28(42-6)20-26(24)37(4)17-16-36(2)3)35-31-32-13-12-23(34-31)30(40)22-11-10-21(18-27(22)41-5)38-14-8-9-15-38/h7,10-13,18-20H,1,8-9,14-17H2,2-6H3,(H,33,39)(H,32,34,35). The Bertz CT molecular complexity index is 1440. The van der Waals surface area contributed by atoms with E-state index in [-0.39, 0.29) is 23.3 Å². The molecule has 1 aromatic heterocycles. The van der Waals surface area contributed by atoms with E-state index < -0.39 is 0 Å². The average Bonchev–Trinajstić information content (AvgIpc) is 3.54. The molecular formula is C31H39N7O4. The van der Waals surface area contributed by atoms with Crippen LogP contribution < -0.4 is 29.9 Å². The first-order valence-corrected chi connectivity index (χ1v) is 13.8. The number of rotatable bonds is 13. The van der Waals surface area contributed by atoms with Gasteiger partial charge in [0.25, 0.3) is 0 Å². The minimum Gasteiger partial charge on any atom is -0.496 e. The van der Waals surface area contributed by atoms with Crippen LogP contribution in [0.2, 0.25) is 0 Å². The highest BCUT2D eigenvalue weighted by atomic mass is 16.5. The zero-order valence-electron chi connectivity index (χ0n) is 24.9. The molecule has 0 spiro atoms. The van der Waals surface area contributed by atoms with Crippen LogP contribution in [-0.2, 0) is 4.79 Å². The number of amides is 1. The number of carbonyl (C=O) groups is 2. The van der Waals surface area contributed by atoms with E-state index >= 15 is 0 Å². The lowest BCUT2D eigenvalue weighted by atomic mass is 10.1. The van der Waals surface area contributed by atoms with Crippen LogP contribution in [0.4, 0.5) is 28.7 Å². The van der Waals surface area contributed by atoms with Crippen LogP contribution in [0.5, 0.6) is 11.5 Å². The van der Waals surface area contributed by atoms with Crippen LogP contribution in [0.3, 0.4) is 0 Å². The van der Waals surface area contributed by atoms with Crippen molar-refractivity contribution in [1.82, 2.24) is 14.9 Å². The van der Waals surface area contributed by atoms with Crippen LogP contribution in [0.1, 0.15) is 28.9 Å². The summed E-state index contributed by atoms with van der Waals surface area (Å²) in [6.07, 6.45) is 5.04. The second-order valence-electron chi connectivity index (χ2n) is 10.3. The van der Waals surface area contributed by atoms with Gasteiger partial charge in [-0.1, -0.05) is 6.58 Å². The molecule has 1 amide bonds. The number of anilines is 5. The second kappa shape index (κ2) is 13.8.